The lowest BCUT2D eigenvalue weighted by Crippen LogP contribution is -2.38. The van der Waals surface area contributed by atoms with Gasteiger partial charge in [0.05, 0.1) is 11.0 Å². The maximum Gasteiger partial charge on any atom is 0.241 e. The summed E-state index contributed by atoms with van der Waals surface area (Å²) in [6, 6.07) is 10.7. The molecule has 1 aliphatic carbocycles. The van der Waals surface area contributed by atoms with Gasteiger partial charge in [0.1, 0.15) is 17.3 Å². The molecule has 9 heteroatoms. The number of aromatic nitrogens is 2. The second-order valence-corrected chi connectivity index (χ2v) is 9.29. The van der Waals surface area contributed by atoms with Crippen LogP contribution < -0.4 is 10.5 Å². The summed E-state index contributed by atoms with van der Waals surface area (Å²) in [4.78, 5) is 8.09. The van der Waals surface area contributed by atoms with Gasteiger partial charge in [-0.15, -0.1) is 0 Å². The fourth-order valence-corrected chi connectivity index (χ4v) is 5.38. The van der Waals surface area contributed by atoms with Crippen molar-refractivity contribution in [3.05, 3.63) is 60.7 Å². The van der Waals surface area contributed by atoms with Crippen molar-refractivity contribution in [2.45, 2.75) is 42.7 Å². The second kappa shape index (κ2) is 8.70. The normalized spacial score (nSPS) is 19.3. The van der Waals surface area contributed by atoms with Crippen LogP contribution in [0.4, 0.5) is 10.2 Å². The van der Waals surface area contributed by atoms with Gasteiger partial charge < -0.3 is 10.8 Å². The third kappa shape index (κ3) is 4.58. The molecule has 0 aliphatic heterocycles. The second-order valence-electron chi connectivity index (χ2n) is 7.61. The van der Waals surface area contributed by atoms with Gasteiger partial charge in [0.25, 0.3) is 0 Å². The Morgan fingerprint density at radius 1 is 1.00 bits per heavy atom. The number of hydrogen-bond acceptors (Lipinski definition) is 6. The highest BCUT2D eigenvalue weighted by molar-refractivity contribution is 7.89. The van der Waals surface area contributed by atoms with E-state index in [0.29, 0.717) is 36.8 Å². The summed E-state index contributed by atoms with van der Waals surface area (Å²) < 4.78 is 43.8. The van der Waals surface area contributed by atoms with Gasteiger partial charge in [-0.2, -0.15) is 0 Å². The number of nitrogens with zero attached hydrogens (tertiary/aromatic N) is 2. The van der Waals surface area contributed by atoms with Crippen molar-refractivity contribution in [1.29, 1.82) is 0 Å². The largest absolute Gasteiger partial charge is 0.393 e. The van der Waals surface area contributed by atoms with Crippen LogP contribution in [-0.4, -0.2) is 35.6 Å². The zero-order chi connectivity index (χ0) is 22.0. The van der Waals surface area contributed by atoms with Crippen LogP contribution in [0.1, 0.15) is 25.7 Å². The van der Waals surface area contributed by atoms with Crippen LogP contribution >= 0.6 is 0 Å². The van der Waals surface area contributed by atoms with Crippen molar-refractivity contribution in [2.24, 2.45) is 0 Å². The molecule has 0 spiro atoms. The van der Waals surface area contributed by atoms with Crippen molar-refractivity contribution in [3.8, 4) is 22.4 Å². The molecule has 3 aromatic rings. The van der Waals surface area contributed by atoms with Crippen molar-refractivity contribution in [2.75, 3.05) is 5.73 Å². The number of anilines is 1. The zero-order valence-electron chi connectivity index (χ0n) is 16.7. The van der Waals surface area contributed by atoms with Crippen LogP contribution in [0.3, 0.4) is 0 Å². The Hall–Kier alpha value is -2.88. The summed E-state index contributed by atoms with van der Waals surface area (Å²) in [7, 11) is -3.83. The van der Waals surface area contributed by atoms with Crippen molar-refractivity contribution in [3.63, 3.8) is 0 Å². The third-order valence-corrected chi connectivity index (χ3v) is 7.04. The number of hydrogen-bond donors (Lipinski definition) is 3. The minimum atomic E-state index is -3.83. The highest BCUT2D eigenvalue weighted by Gasteiger charge is 2.27. The van der Waals surface area contributed by atoms with Gasteiger partial charge >= 0.3 is 0 Å². The molecule has 0 radical (unpaired) electrons. The molecule has 1 saturated carbocycles. The fourth-order valence-electron chi connectivity index (χ4n) is 3.85. The van der Waals surface area contributed by atoms with Gasteiger partial charge in [-0.05, 0) is 49.4 Å². The number of nitrogens with two attached hydrogens (primary N) is 1. The van der Waals surface area contributed by atoms with E-state index in [4.69, 9.17) is 5.73 Å². The predicted octanol–water partition coefficient (Wildman–Crippen LogP) is 3.11. The first-order chi connectivity index (χ1) is 14.8. The molecule has 4 N–H and O–H groups in total. The number of aliphatic hydroxyl groups is 1. The summed E-state index contributed by atoms with van der Waals surface area (Å²) in [6.07, 6.45) is 4.75. The van der Waals surface area contributed by atoms with Gasteiger partial charge in [0.15, 0.2) is 0 Å². The lowest BCUT2D eigenvalue weighted by atomic mass is 9.94. The summed E-state index contributed by atoms with van der Waals surface area (Å²) >= 11 is 0. The molecule has 1 fully saturated rings. The van der Waals surface area contributed by atoms with E-state index in [2.05, 4.69) is 14.7 Å². The Kier molecular flexibility index (Phi) is 5.99. The smallest absolute Gasteiger partial charge is 0.241 e. The molecule has 162 valence electrons. The van der Waals surface area contributed by atoms with Gasteiger partial charge in [-0.3, -0.25) is 4.98 Å². The maximum atomic E-state index is 14.9. The molecule has 1 aliphatic rings. The molecule has 0 atom stereocenters. The molecule has 7 nitrogen and oxygen atoms in total. The number of nitrogen functional groups attached to an aromatic ring is 1. The van der Waals surface area contributed by atoms with E-state index < -0.39 is 15.8 Å². The summed E-state index contributed by atoms with van der Waals surface area (Å²) in [5.41, 5.74) is 7.04. The molecule has 0 unspecified atom stereocenters. The summed E-state index contributed by atoms with van der Waals surface area (Å²) in [5, 5.41) is 9.65. The molecule has 31 heavy (non-hydrogen) atoms. The van der Waals surface area contributed by atoms with Crippen molar-refractivity contribution in [1.82, 2.24) is 14.7 Å². The van der Waals surface area contributed by atoms with Crippen LogP contribution in [-0.2, 0) is 10.0 Å². The number of benzene rings is 2. The number of aliphatic hydroxyl groups excluding tert-OH is 1. The number of halogens is 1. The molecule has 0 amide bonds. The quantitative estimate of drug-likeness (QED) is 0.559. The third-order valence-electron chi connectivity index (χ3n) is 5.46. The Morgan fingerprint density at radius 3 is 2.42 bits per heavy atom. The Morgan fingerprint density at radius 2 is 1.71 bits per heavy atom. The number of sulfonamides is 1. The minimum Gasteiger partial charge on any atom is -0.393 e. The van der Waals surface area contributed by atoms with E-state index in [9.17, 15) is 17.9 Å². The van der Waals surface area contributed by atoms with Crippen molar-refractivity contribution >= 4 is 15.8 Å². The van der Waals surface area contributed by atoms with Crippen LogP contribution in [0, 0.1) is 5.82 Å². The first kappa shape index (κ1) is 21.4. The summed E-state index contributed by atoms with van der Waals surface area (Å²) in [6.45, 7) is 0. The molecular formula is C22H23FN4O3S. The van der Waals surface area contributed by atoms with E-state index in [1.165, 1.54) is 30.6 Å². The molecule has 4 rings (SSSR count). The number of rotatable bonds is 5. The van der Waals surface area contributed by atoms with Gasteiger partial charge in [-0.25, -0.2) is 22.5 Å². The molecule has 1 aromatic heterocycles. The van der Waals surface area contributed by atoms with Crippen molar-refractivity contribution < 1.29 is 17.9 Å². The zero-order valence-corrected chi connectivity index (χ0v) is 17.5. The number of nitrogens with one attached hydrogen (secondary N) is 1. The van der Waals surface area contributed by atoms with Crippen LogP contribution in [0.25, 0.3) is 22.4 Å². The molecular weight excluding hydrogens is 419 g/mol. The standard InChI is InChI=1S/C22H23FN4O3S/c23-19-13-14(5-10-18(19)21-22(24)26-12-11-25-21)17-3-1-2-4-20(17)31(29,30)27-15-6-8-16(28)9-7-15/h1-5,10-13,15-16,27-28H,6-9H2,(H2,24,26). The minimum absolute atomic E-state index is 0.0762. The monoisotopic (exact) mass is 442 g/mol. The first-order valence-electron chi connectivity index (χ1n) is 10.0. The van der Waals surface area contributed by atoms with E-state index >= 15 is 0 Å². The Bertz CT molecular complexity index is 1190. The van der Waals surface area contributed by atoms with E-state index in [1.54, 1.807) is 24.3 Å². The average Bonchev–Trinajstić information content (AvgIpc) is 2.76. The van der Waals surface area contributed by atoms with Crippen LogP contribution in [0.5, 0.6) is 0 Å². The lowest BCUT2D eigenvalue weighted by Gasteiger charge is -2.26. The lowest BCUT2D eigenvalue weighted by molar-refractivity contribution is 0.120. The highest BCUT2D eigenvalue weighted by atomic mass is 32.2. The van der Waals surface area contributed by atoms with Gasteiger partial charge in [-0.1, -0.05) is 24.3 Å². The Balaban J connectivity index is 1.67. The van der Waals surface area contributed by atoms with E-state index in [1.807, 2.05) is 0 Å². The molecule has 1 heterocycles. The molecule has 0 saturated heterocycles. The van der Waals surface area contributed by atoms with E-state index in [0.717, 1.165) is 0 Å². The Labute approximate surface area is 180 Å². The van der Waals surface area contributed by atoms with Gasteiger partial charge in [0, 0.05) is 29.6 Å². The van der Waals surface area contributed by atoms with Crippen LogP contribution in [0.15, 0.2) is 59.8 Å². The molecule has 0 bridgehead atoms. The van der Waals surface area contributed by atoms with Crippen LogP contribution in [0.2, 0.25) is 0 Å². The SMILES string of the molecule is Nc1nccnc1-c1ccc(-c2ccccc2S(=O)(=O)NC2CCC(O)CC2)cc1F. The topological polar surface area (TPSA) is 118 Å². The predicted molar refractivity (Wildman–Crippen MR) is 116 cm³/mol. The highest BCUT2D eigenvalue weighted by Crippen LogP contribution is 2.32. The first-order valence-corrected chi connectivity index (χ1v) is 11.5. The fraction of sp³-hybridized carbons (Fsp3) is 0.273. The average molecular weight is 443 g/mol. The van der Waals surface area contributed by atoms with Gasteiger partial charge in [0.2, 0.25) is 10.0 Å². The van der Waals surface area contributed by atoms with E-state index in [-0.39, 0.29) is 34.1 Å². The maximum absolute atomic E-state index is 14.9. The molecule has 2 aromatic carbocycles. The summed E-state index contributed by atoms with van der Waals surface area (Å²) in [5.74, 6) is -0.468.